The second kappa shape index (κ2) is 4.58. The highest BCUT2D eigenvalue weighted by Crippen LogP contribution is 2.38. The van der Waals surface area contributed by atoms with E-state index >= 15 is 0 Å². The highest BCUT2D eigenvalue weighted by Gasteiger charge is 2.38. The van der Waals surface area contributed by atoms with Crippen molar-refractivity contribution in [1.29, 1.82) is 0 Å². The molecule has 0 spiro atoms. The second-order valence-corrected chi connectivity index (χ2v) is 5.02. The first-order chi connectivity index (χ1) is 9.50. The largest absolute Gasteiger partial charge is 0.268 e. The quantitative estimate of drug-likeness (QED) is 0.748. The van der Waals surface area contributed by atoms with Crippen molar-refractivity contribution in [3.05, 3.63) is 63.4 Å². The van der Waals surface area contributed by atoms with Crippen LogP contribution in [0.4, 0.5) is 10.1 Å². The van der Waals surface area contributed by atoms with Crippen molar-refractivity contribution in [2.45, 2.75) is 0 Å². The summed E-state index contributed by atoms with van der Waals surface area (Å²) in [6.45, 7) is 0. The molecule has 100 valence electrons. The van der Waals surface area contributed by atoms with Crippen molar-refractivity contribution in [2.75, 3.05) is 4.90 Å². The molecule has 3 nitrogen and oxygen atoms in total. The number of nitrogens with zero attached hydrogens (tertiary/aromatic N) is 1. The van der Waals surface area contributed by atoms with Crippen molar-refractivity contribution >= 4 is 40.7 Å². The van der Waals surface area contributed by atoms with E-state index in [9.17, 15) is 14.0 Å². The van der Waals surface area contributed by atoms with E-state index in [1.54, 1.807) is 24.3 Å². The minimum atomic E-state index is -0.639. The number of halogens is 3. The zero-order valence-corrected chi connectivity index (χ0v) is 11.4. The molecule has 2 aromatic rings. The summed E-state index contributed by atoms with van der Waals surface area (Å²) >= 11 is 11.8. The van der Waals surface area contributed by atoms with Gasteiger partial charge in [-0.25, -0.2) is 9.29 Å². The molecule has 0 bridgehead atoms. The maximum absolute atomic E-state index is 13.2. The number of anilines is 1. The molecule has 0 fully saturated rings. The van der Waals surface area contributed by atoms with E-state index in [-0.39, 0.29) is 26.9 Å². The molecule has 6 heteroatoms. The van der Waals surface area contributed by atoms with Crippen LogP contribution in [0.2, 0.25) is 10.0 Å². The van der Waals surface area contributed by atoms with Crippen molar-refractivity contribution in [3.63, 3.8) is 0 Å². The Morgan fingerprint density at radius 1 is 0.900 bits per heavy atom. The third-order valence-corrected chi connectivity index (χ3v) is 3.58. The standard InChI is InChI=1S/C14H6Cl2FNO2/c15-10-5-7(17)6-11(16)12(10)18-13(19)8-3-1-2-4-9(8)14(18)20/h1-6H. The summed E-state index contributed by atoms with van der Waals surface area (Å²) in [5.74, 6) is -1.69. The molecule has 1 aliphatic rings. The third kappa shape index (κ3) is 1.80. The summed E-state index contributed by atoms with van der Waals surface area (Å²) in [4.78, 5) is 25.5. The van der Waals surface area contributed by atoms with Gasteiger partial charge in [-0.15, -0.1) is 0 Å². The maximum Gasteiger partial charge on any atom is 0.266 e. The first-order valence-corrected chi connectivity index (χ1v) is 6.38. The van der Waals surface area contributed by atoms with Crippen LogP contribution in [0.3, 0.4) is 0 Å². The van der Waals surface area contributed by atoms with Gasteiger partial charge in [-0.1, -0.05) is 35.3 Å². The number of hydrogen-bond acceptors (Lipinski definition) is 2. The monoisotopic (exact) mass is 309 g/mol. The molecule has 0 saturated heterocycles. The van der Waals surface area contributed by atoms with E-state index in [2.05, 4.69) is 0 Å². The number of benzene rings is 2. The molecule has 0 atom stereocenters. The molecule has 2 amide bonds. The number of amides is 2. The molecular weight excluding hydrogens is 304 g/mol. The van der Waals surface area contributed by atoms with Gasteiger partial charge >= 0.3 is 0 Å². The number of hydrogen-bond donors (Lipinski definition) is 0. The molecule has 0 aromatic heterocycles. The molecule has 0 unspecified atom stereocenters. The smallest absolute Gasteiger partial charge is 0.266 e. The summed E-state index contributed by atoms with van der Waals surface area (Å²) in [5, 5.41) is -0.186. The van der Waals surface area contributed by atoms with Gasteiger partial charge in [0.1, 0.15) is 5.82 Å². The molecule has 1 aliphatic heterocycles. The van der Waals surface area contributed by atoms with E-state index in [0.717, 1.165) is 17.0 Å². The molecule has 0 aliphatic carbocycles. The van der Waals surface area contributed by atoms with Gasteiger partial charge in [0.15, 0.2) is 0 Å². The van der Waals surface area contributed by atoms with E-state index in [0.29, 0.717) is 0 Å². The lowest BCUT2D eigenvalue weighted by atomic mass is 10.1. The Kier molecular flexibility index (Phi) is 3.00. The molecular formula is C14H6Cl2FNO2. The molecule has 3 rings (SSSR count). The summed E-state index contributed by atoms with van der Waals surface area (Å²) in [6.07, 6.45) is 0. The molecule has 0 radical (unpaired) electrons. The Bertz CT molecular complexity index is 703. The van der Waals surface area contributed by atoms with Gasteiger partial charge in [-0.05, 0) is 24.3 Å². The summed E-state index contributed by atoms with van der Waals surface area (Å²) < 4.78 is 13.2. The van der Waals surface area contributed by atoms with Crippen LogP contribution < -0.4 is 4.90 Å². The predicted octanol–water partition coefficient (Wildman–Crippen LogP) is 3.93. The predicted molar refractivity (Wildman–Crippen MR) is 74.0 cm³/mol. The fourth-order valence-electron chi connectivity index (χ4n) is 2.14. The van der Waals surface area contributed by atoms with E-state index in [1.165, 1.54) is 0 Å². The van der Waals surface area contributed by atoms with Crippen molar-refractivity contribution in [3.8, 4) is 0 Å². The average molecular weight is 310 g/mol. The van der Waals surface area contributed by atoms with Gasteiger partial charge in [0, 0.05) is 0 Å². The number of carbonyl (C=O) groups is 2. The highest BCUT2D eigenvalue weighted by atomic mass is 35.5. The van der Waals surface area contributed by atoms with Crippen molar-refractivity contribution in [1.82, 2.24) is 0 Å². The van der Waals surface area contributed by atoms with Gasteiger partial charge in [-0.3, -0.25) is 9.59 Å². The minimum Gasteiger partial charge on any atom is -0.268 e. The second-order valence-electron chi connectivity index (χ2n) is 4.21. The Balaban J connectivity index is 2.19. The van der Waals surface area contributed by atoms with Gasteiger partial charge < -0.3 is 0 Å². The molecule has 0 N–H and O–H groups in total. The van der Waals surface area contributed by atoms with E-state index < -0.39 is 17.6 Å². The van der Waals surface area contributed by atoms with Crippen LogP contribution >= 0.6 is 23.2 Å². The Morgan fingerprint density at radius 2 is 1.35 bits per heavy atom. The number of rotatable bonds is 1. The van der Waals surface area contributed by atoms with Crippen LogP contribution in [0.1, 0.15) is 20.7 Å². The van der Waals surface area contributed by atoms with Crippen LogP contribution in [-0.2, 0) is 0 Å². The van der Waals surface area contributed by atoms with Gasteiger partial charge in [0.25, 0.3) is 11.8 Å². The first-order valence-electron chi connectivity index (χ1n) is 5.63. The minimum absolute atomic E-state index is 0.000864. The lowest BCUT2D eigenvalue weighted by Crippen LogP contribution is -2.30. The molecule has 20 heavy (non-hydrogen) atoms. The van der Waals surface area contributed by atoms with E-state index in [1.807, 2.05) is 0 Å². The first kappa shape index (κ1) is 13.1. The van der Waals surface area contributed by atoms with Crippen molar-refractivity contribution in [2.24, 2.45) is 0 Å². The fourth-order valence-corrected chi connectivity index (χ4v) is 2.77. The maximum atomic E-state index is 13.2. The van der Waals surface area contributed by atoms with Crippen LogP contribution in [0.5, 0.6) is 0 Å². The normalized spacial score (nSPS) is 13.8. The zero-order valence-electron chi connectivity index (χ0n) is 9.86. The molecule has 2 aromatic carbocycles. The van der Waals surface area contributed by atoms with Gasteiger partial charge in [0.05, 0.1) is 26.9 Å². The number of fused-ring (bicyclic) bond motifs is 1. The van der Waals surface area contributed by atoms with Crippen LogP contribution in [0, 0.1) is 5.82 Å². The van der Waals surface area contributed by atoms with Crippen LogP contribution in [0.15, 0.2) is 36.4 Å². The highest BCUT2D eigenvalue weighted by molar-refractivity contribution is 6.44. The SMILES string of the molecule is O=C1c2ccccc2C(=O)N1c1c(Cl)cc(F)cc1Cl. The Morgan fingerprint density at radius 3 is 1.80 bits per heavy atom. The number of imide groups is 1. The third-order valence-electron chi connectivity index (χ3n) is 3.00. The number of carbonyl (C=O) groups excluding carboxylic acids is 2. The molecule has 1 heterocycles. The average Bonchev–Trinajstić information content (AvgIpc) is 2.64. The summed E-state index contributed by atoms with van der Waals surface area (Å²) in [7, 11) is 0. The fraction of sp³-hybridized carbons (Fsp3) is 0. The Labute approximate surface area is 123 Å². The Hall–Kier alpha value is -1.91. The lowest BCUT2D eigenvalue weighted by molar-refractivity contribution is 0.0926. The zero-order chi connectivity index (χ0) is 14.4. The molecule has 0 saturated carbocycles. The summed E-state index contributed by atoms with van der Waals surface area (Å²) in [6, 6.07) is 8.41. The lowest BCUT2D eigenvalue weighted by Gasteiger charge is -2.17. The van der Waals surface area contributed by atoms with Crippen molar-refractivity contribution < 1.29 is 14.0 Å². The van der Waals surface area contributed by atoms with Gasteiger partial charge in [0.2, 0.25) is 0 Å². The summed E-state index contributed by atoms with van der Waals surface area (Å²) in [5.41, 5.74) is 0.545. The topological polar surface area (TPSA) is 37.4 Å². The van der Waals surface area contributed by atoms with E-state index in [4.69, 9.17) is 23.2 Å². The van der Waals surface area contributed by atoms with Crippen LogP contribution in [-0.4, -0.2) is 11.8 Å². The van der Waals surface area contributed by atoms with Crippen LogP contribution in [0.25, 0.3) is 0 Å². The van der Waals surface area contributed by atoms with Gasteiger partial charge in [-0.2, -0.15) is 0 Å².